The number of likely N-dealkylation sites (tertiary alicyclic amines) is 1. The number of nitrogens with zero attached hydrogens (tertiary/aromatic N) is 1. The number of carbonyl (C=O) groups is 1. The minimum atomic E-state index is -0.0618. The molecule has 1 saturated heterocycles. The summed E-state index contributed by atoms with van der Waals surface area (Å²) in [5.74, 6) is 3.02. The largest absolute Gasteiger partial charge is 0.497 e. The van der Waals surface area contributed by atoms with Gasteiger partial charge in [0.1, 0.15) is 23.4 Å². The molecular weight excluding hydrogens is 476 g/mol. The Kier molecular flexibility index (Phi) is 9.66. The molecule has 3 aromatic carbocycles. The summed E-state index contributed by atoms with van der Waals surface area (Å²) in [5.41, 5.74) is 3.34. The van der Waals surface area contributed by atoms with Crippen molar-refractivity contribution < 1.29 is 19.0 Å². The molecule has 3 aromatic rings. The number of carbonyl (C=O) groups excluding carboxylic acids is 1. The first-order valence-electron chi connectivity index (χ1n) is 13.5. The number of hydrogen-bond acceptors (Lipinski definition) is 5. The number of benzene rings is 3. The number of rotatable bonds is 11. The van der Waals surface area contributed by atoms with E-state index in [1.807, 2.05) is 62.4 Å². The highest BCUT2D eigenvalue weighted by Crippen LogP contribution is 2.32. The third-order valence-corrected chi connectivity index (χ3v) is 7.27. The fourth-order valence-corrected chi connectivity index (χ4v) is 4.88. The number of nitrogens with one attached hydrogen (secondary N) is 1. The average Bonchev–Trinajstić information content (AvgIpc) is 2.96. The van der Waals surface area contributed by atoms with Crippen LogP contribution >= 0.6 is 0 Å². The third-order valence-electron chi connectivity index (χ3n) is 7.27. The van der Waals surface area contributed by atoms with E-state index in [0.717, 1.165) is 67.4 Å². The monoisotopic (exact) mass is 516 g/mol. The molecule has 0 aliphatic carbocycles. The molecular formula is C32H40N2O4. The van der Waals surface area contributed by atoms with Gasteiger partial charge in [0.2, 0.25) is 5.91 Å². The zero-order chi connectivity index (χ0) is 26.9. The highest BCUT2D eigenvalue weighted by atomic mass is 16.5. The van der Waals surface area contributed by atoms with Crippen LogP contribution in [0, 0.1) is 5.92 Å². The first-order valence-corrected chi connectivity index (χ1v) is 13.5. The number of amides is 1. The van der Waals surface area contributed by atoms with Gasteiger partial charge in [0.05, 0.1) is 14.2 Å². The van der Waals surface area contributed by atoms with Crippen LogP contribution in [0.15, 0.2) is 72.8 Å². The van der Waals surface area contributed by atoms with Gasteiger partial charge in [-0.2, -0.15) is 0 Å². The van der Waals surface area contributed by atoms with Crippen LogP contribution in [0.2, 0.25) is 0 Å². The van der Waals surface area contributed by atoms with Gasteiger partial charge in [0.25, 0.3) is 0 Å². The van der Waals surface area contributed by atoms with Crippen molar-refractivity contribution in [3.8, 4) is 17.2 Å². The smallest absolute Gasteiger partial charge is 0.226 e. The van der Waals surface area contributed by atoms with Gasteiger partial charge in [-0.3, -0.25) is 4.79 Å². The van der Waals surface area contributed by atoms with E-state index in [1.54, 1.807) is 14.2 Å². The fraction of sp³-hybridized carbons (Fsp3) is 0.406. The van der Waals surface area contributed by atoms with Crippen molar-refractivity contribution in [1.29, 1.82) is 0 Å². The quantitative estimate of drug-likeness (QED) is 0.308. The third kappa shape index (κ3) is 7.51. The Labute approximate surface area is 226 Å². The molecule has 38 heavy (non-hydrogen) atoms. The van der Waals surface area contributed by atoms with Gasteiger partial charge < -0.3 is 24.4 Å². The van der Waals surface area contributed by atoms with Crippen molar-refractivity contribution in [3.63, 3.8) is 0 Å². The topological polar surface area (TPSA) is 60.0 Å². The summed E-state index contributed by atoms with van der Waals surface area (Å²) in [7, 11) is 3.35. The second kappa shape index (κ2) is 13.3. The summed E-state index contributed by atoms with van der Waals surface area (Å²) >= 11 is 0. The van der Waals surface area contributed by atoms with Crippen molar-refractivity contribution in [3.05, 3.63) is 83.9 Å². The van der Waals surface area contributed by atoms with Crippen LogP contribution in [0.3, 0.4) is 0 Å². The van der Waals surface area contributed by atoms with Crippen molar-refractivity contribution in [2.45, 2.75) is 45.1 Å². The fourth-order valence-electron chi connectivity index (χ4n) is 4.88. The lowest BCUT2D eigenvalue weighted by molar-refractivity contribution is -0.118. The zero-order valence-corrected chi connectivity index (χ0v) is 23.0. The van der Waals surface area contributed by atoms with E-state index >= 15 is 0 Å². The molecule has 4 rings (SSSR count). The van der Waals surface area contributed by atoms with Crippen molar-refractivity contribution in [1.82, 2.24) is 4.90 Å². The Hall–Kier alpha value is -3.51. The van der Waals surface area contributed by atoms with Gasteiger partial charge in [-0.05, 0) is 91.5 Å². The highest BCUT2D eigenvalue weighted by Gasteiger charge is 2.23. The molecule has 0 spiro atoms. The average molecular weight is 517 g/mol. The van der Waals surface area contributed by atoms with E-state index in [2.05, 4.69) is 34.5 Å². The molecule has 202 valence electrons. The minimum absolute atomic E-state index is 0.0302. The Morgan fingerprint density at radius 1 is 0.895 bits per heavy atom. The molecule has 0 saturated carbocycles. The molecule has 0 bridgehead atoms. The van der Waals surface area contributed by atoms with Gasteiger partial charge >= 0.3 is 0 Å². The van der Waals surface area contributed by atoms with Crippen LogP contribution in [-0.4, -0.2) is 44.7 Å². The lowest BCUT2D eigenvalue weighted by Gasteiger charge is -2.33. The molecule has 1 N–H and O–H groups in total. The predicted octanol–water partition coefficient (Wildman–Crippen LogP) is 6.69. The molecule has 1 aliphatic heterocycles. The van der Waals surface area contributed by atoms with Crippen LogP contribution in [0.1, 0.15) is 56.3 Å². The Bertz CT molecular complexity index is 1150. The maximum absolute atomic E-state index is 12.1. The van der Waals surface area contributed by atoms with Crippen molar-refractivity contribution >= 4 is 11.6 Å². The molecule has 1 fully saturated rings. The molecule has 6 nitrogen and oxygen atoms in total. The predicted molar refractivity (Wildman–Crippen MR) is 152 cm³/mol. The van der Waals surface area contributed by atoms with Crippen LogP contribution < -0.4 is 19.5 Å². The number of anilines is 1. The molecule has 0 radical (unpaired) electrons. The van der Waals surface area contributed by atoms with Gasteiger partial charge in [-0.1, -0.05) is 38.1 Å². The normalized spacial score (nSPS) is 15.2. The van der Waals surface area contributed by atoms with E-state index in [9.17, 15) is 4.79 Å². The molecule has 0 aromatic heterocycles. The van der Waals surface area contributed by atoms with E-state index in [0.29, 0.717) is 5.92 Å². The second-order valence-electron chi connectivity index (χ2n) is 10.2. The highest BCUT2D eigenvalue weighted by molar-refractivity contribution is 5.92. The summed E-state index contributed by atoms with van der Waals surface area (Å²) in [5, 5.41) is 3.03. The Morgan fingerprint density at radius 2 is 1.50 bits per heavy atom. The van der Waals surface area contributed by atoms with Crippen LogP contribution in [0.5, 0.6) is 17.2 Å². The SMILES string of the molecule is COc1ccc(OC(CCN2CCC(c3cccc(NC(=O)C(C)C)c3)CC2)c2ccc(OC)cc2)cc1. The zero-order valence-electron chi connectivity index (χ0n) is 23.0. The Morgan fingerprint density at radius 3 is 2.11 bits per heavy atom. The van der Waals surface area contributed by atoms with Crippen LogP contribution in [0.4, 0.5) is 5.69 Å². The molecule has 1 heterocycles. The van der Waals surface area contributed by atoms with Gasteiger partial charge in [-0.15, -0.1) is 0 Å². The first-order chi connectivity index (χ1) is 18.4. The summed E-state index contributed by atoms with van der Waals surface area (Å²) in [6.07, 6.45) is 3.04. The number of ether oxygens (including phenoxy) is 3. The van der Waals surface area contributed by atoms with Gasteiger partial charge in [0.15, 0.2) is 0 Å². The molecule has 6 heteroatoms. The lowest BCUT2D eigenvalue weighted by Crippen LogP contribution is -2.34. The first kappa shape index (κ1) is 27.5. The molecule has 1 aliphatic rings. The molecule has 1 unspecified atom stereocenters. The molecule has 1 atom stereocenters. The van der Waals surface area contributed by atoms with Crippen molar-refractivity contribution in [2.24, 2.45) is 5.92 Å². The van der Waals surface area contributed by atoms with Crippen LogP contribution in [-0.2, 0) is 4.79 Å². The van der Waals surface area contributed by atoms with Gasteiger partial charge in [0, 0.05) is 24.6 Å². The van der Waals surface area contributed by atoms with Crippen molar-refractivity contribution in [2.75, 3.05) is 39.2 Å². The molecule has 1 amide bonds. The summed E-state index contributed by atoms with van der Waals surface area (Å²) < 4.78 is 17.1. The standard InChI is InChI=1S/C32H40N2O4/c1-23(2)32(35)33-27-7-5-6-26(22-27)24-16-19-34(20-17-24)21-18-31(25-8-10-28(36-3)11-9-25)38-30-14-12-29(37-4)13-15-30/h5-15,22-24,31H,16-21H2,1-4H3,(H,33,35). The van der Waals surface area contributed by atoms with E-state index in [4.69, 9.17) is 14.2 Å². The number of methoxy groups -OCH3 is 2. The number of piperidine rings is 1. The minimum Gasteiger partial charge on any atom is -0.497 e. The second-order valence-corrected chi connectivity index (χ2v) is 10.2. The summed E-state index contributed by atoms with van der Waals surface area (Å²) in [4.78, 5) is 14.6. The van der Waals surface area contributed by atoms with Gasteiger partial charge in [-0.25, -0.2) is 0 Å². The summed E-state index contributed by atoms with van der Waals surface area (Å²) in [6, 6.07) is 24.3. The Balaban J connectivity index is 1.35. The van der Waals surface area contributed by atoms with Crippen LogP contribution in [0.25, 0.3) is 0 Å². The maximum Gasteiger partial charge on any atom is 0.226 e. The lowest BCUT2D eigenvalue weighted by atomic mass is 9.89. The van der Waals surface area contributed by atoms with E-state index in [1.165, 1.54) is 5.56 Å². The number of hydrogen-bond donors (Lipinski definition) is 1. The van der Waals surface area contributed by atoms with E-state index in [-0.39, 0.29) is 17.9 Å². The maximum atomic E-state index is 12.1. The van der Waals surface area contributed by atoms with E-state index < -0.39 is 0 Å². The summed E-state index contributed by atoms with van der Waals surface area (Å²) in [6.45, 7) is 6.88.